The molecule has 0 spiro atoms. The number of nitrogens with zero attached hydrogens (tertiary/aromatic N) is 2. The highest BCUT2D eigenvalue weighted by Crippen LogP contribution is 2.36. The number of carboxylic acid groups (broad SMARTS) is 1. The molecular weight excluding hydrogens is 496 g/mol. The lowest BCUT2D eigenvalue weighted by Gasteiger charge is -2.44. The summed E-state index contributed by atoms with van der Waals surface area (Å²) in [6.07, 6.45) is -0.0438. The zero-order chi connectivity index (χ0) is 26.4. The fourth-order valence-electron chi connectivity index (χ4n) is 4.44. The van der Waals surface area contributed by atoms with E-state index in [9.17, 15) is 23.5 Å². The zero-order valence-electron chi connectivity index (χ0n) is 20.3. The molecule has 0 radical (unpaired) electrons. The van der Waals surface area contributed by atoms with E-state index < -0.39 is 22.8 Å². The number of benzene rings is 3. The molecule has 9 nitrogen and oxygen atoms in total. The van der Waals surface area contributed by atoms with Gasteiger partial charge in [-0.05, 0) is 47.5 Å². The van der Waals surface area contributed by atoms with Crippen molar-refractivity contribution >= 4 is 28.8 Å². The molecule has 1 atom stereocenters. The molecule has 0 aromatic heterocycles. The van der Waals surface area contributed by atoms with Crippen molar-refractivity contribution in [1.82, 2.24) is 4.90 Å². The topological polar surface area (TPSA) is 117 Å². The summed E-state index contributed by atoms with van der Waals surface area (Å²) in [6, 6.07) is 23.2. The van der Waals surface area contributed by atoms with Gasteiger partial charge in [0, 0.05) is 25.9 Å². The Kier molecular flexibility index (Phi) is 8.10. The van der Waals surface area contributed by atoms with E-state index in [1.807, 2.05) is 30.3 Å². The van der Waals surface area contributed by atoms with Crippen LogP contribution in [0.1, 0.15) is 12.8 Å². The largest absolute Gasteiger partial charge is 0.497 e. The zero-order valence-corrected chi connectivity index (χ0v) is 21.1. The van der Waals surface area contributed by atoms with E-state index in [0.717, 1.165) is 21.2 Å². The number of carbonyl (C=O) groups is 2. The Morgan fingerprint density at radius 3 is 2.00 bits per heavy atom. The van der Waals surface area contributed by atoms with Gasteiger partial charge in [0.2, 0.25) is 0 Å². The smallest absolute Gasteiger partial charge is 0.330 e. The van der Waals surface area contributed by atoms with E-state index >= 15 is 0 Å². The van der Waals surface area contributed by atoms with Gasteiger partial charge >= 0.3 is 5.97 Å². The Balaban J connectivity index is 1.49. The summed E-state index contributed by atoms with van der Waals surface area (Å²) < 4.78 is 34.4. The lowest BCUT2D eigenvalue weighted by molar-refractivity contribution is -0.147. The van der Waals surface area contributed by atoms with Gasteiger partial charge in [-0.3, -0.25) is 13.7 Å². The number of methoxy groups -OCH3 is 1. The van der Waals surface area contributed by atoms with Crippen LogP contribution in [0.15, 0.2) is 78.9 Å². The Hall–Kier alpha value is -3.89. The lowest BCUT2D eigenvalue weighted by Crippen LogP contribution is -2.61. The van der Waals surface area contributed by atoms with E-state index in [0.29, 0.717) is 11.4 Å². The maximum atomic E-state index is 12.7. The Morgan fingerprint density at radius 2 is 1.49 bits per heavy atom. The number of carboxylic acids is 1. The Morgan fingerprint density at radius 1 is 0.919 bits per heavy atom. The van der Waals surface area contributed by atoms with Crippen molar-refractivity contribution in [2.24, 2.45) is 0 Å². The minimum Gasteiger partial charge on any atom is -0.497 e. The first-order chi connectivity index (χ1) is 17.8. The average molecular weight is 525 g/mol. The van der Waals surface area contributed by atoms with Crippen LogP contribution in [0.4, 0.5) is 5.69 Å². The number of carbonyl (C=O) groups excluding carboxylic acids is 1. The molecule has 194 valence electrons. The van der Waals surface area contributed by atoms with Gasteiger partial charge in [0.05, 0.1) is 12.8 Å². The third-order valence-electron chi connectivity index (χ3n) is 6.52. The number of hydrogen-bond acceptors (Lipinski definition) is 5. The van der Waals surface area contributed by atoms with Crippen LogP contribution in [-0.4, -0.2) is 63.0 Å². The van der Waals surface area contributed by atoms with Crippen molar-refractivity contribution < 1.29 is 32.9 Å². The van der Waals surface area contributed by atoms with E-state index in [2.05, 4.69) is 0 Å². The van der Waals surface area contributed by atoms with Gasteiger partial charge in [0.15, 0.2) is 12.1 Å². The number of amides is 1. The summed E-state index contributed by atoms with van der Waals surface area (Å²) in [5.74, 6) is -0.208. The van der Waals surface area contributed by atoms with Crippen LogP contribution in [-0.2, 0) is 20.9 Å². The first-order valence-electron chi connectivity index (χ1n) is 11.7. The van der Waals surface area contributed by atoms with Crippen LogP contribution in [0, 0.1) is 0 Å². The van der Waals surface area contributed by atoms with E-state index in [-0.39, 0.29) is 38.4 Å². The van der Waals surface area contributed by atoms with Crippen LogP contribution in [0.25, 0.3) is 11.1 Å². The molecule has 3 aromatic carbocycles. The molecular formula is C27H28N2O7S. The number of rotatable bonds is 9. The number of piperidine rings is 1. The second-order valence-corrected chi connectivity index (χ2v) is 9.45. The number of ether oxygens (including phenoxy) is 2. The molecule has 2 N–H and O–H groups in total. The molecule has 0 bridgehead atoms. The van der Waals surface area contributed by atoms with Crippen molar-refractivity contribution in [3.63, 3.8) is 0 Å². The molecule has 1 aliphatic heterocycles. The van der Waals surface area contributed by atoms with Crippen molar-refractivity contribution in [3.8, 4) is 22.6 Å². The quantitative estimate of drug-likeness (QED) is 0.409. The minimum atomic E-state index is -2.61. The highest BCUT2D eigenvalue weighted by atomic mass is 32.2. The van der Waals surface area contributed by atoms with Crippen LogP contribution in [0.5, 0.6) is 11.5 Å². The number of hydrogen-bond donors (Lipinski definition) is 2. The summed E-state index contributed by atoms with van der Waals surface area (Å²) in [5.41, 5.74) is 0.422. The summed E-state index contributed by atoms with van der Waals surface area (Å²) in [7, 11) is 1.59. The predicted octanol–water partition coefficient (Wildman–Crippen LogP) is 3.83. The Bertz CT molecular complexity index is 1240. The van der Waals surface area contributed by atoms with Gasteiger partial charge in [0.25, 0.3) is 17.2 Å². The van der Waals surface area contributed by atoms with Crippen molar-refractivity contribution in [2.45, 2.75) is 18.4 Å². The number of para-hydroxylation sites is 1. The molecule has 0 saturated carbocycles. The third kappa shape index (κ3) is 5.76. The molecule has 3 aromatic rings. The van der Waals surface area contributed by atoms with Crippen LogP contribution >= 0.6 is 0 Å². The minimum absolute atomic E-state index is 0.0219. The third-order valence-corrected chi connectivity index (χ3v) is 7.39. The van der Waals surface area contributed by atoms with E-state index in [1.165, 1.54) is 4.90 Å². The molecule has 0 aliphatic carbocycles. The molecule has 1 fully saturated rings. The molecule has 1 saturated heterocycles. The molecule has 1 unspecified atom stereocenters. The van der Waals surface area contributed by atoms with E-state index in [1.54, 1.807) is 55.6 Å². The monoisotopic (exact) mass is 524 g/mol. The fraction of sp³-hybridized carbons (Fsp3) is 0.259. The van der Waals surface area contributed by atoms with E-state index in [4.69, 9.17) is 9.47 Å². The number of likely N-dealkylation sites (tertiary alicyclic amines) is 1. The van der Waals surface area contributed by atoms with Gasteiger partial charge in [-0.15, -0.1) is 0 Å². The van der Waals surface area contributed by atoms with Gasteiger partial charge in [0.1, 0.15) is 11.5 Å². The van der Waals surface area contributed by atoms with Crippen molar-refractivity contribution in [3.05, 3.63) is 78.9 Å². The molecule has 37 heavy (non-hydrogen) atoms. The fourth-order valence-corrected chi connectivity index (χ4v) is 5.30. The molecule has 10 heteroatoms. The number of aliphatic carboxylic acids is 1. The maximum absolute atomic E-state index is 12.7. The second kappa shape index (κ2) is 11.4. The van der Waals surface area contributed by atoms with Crippen LogP contribution in [0.3, 0.4) is 0 Å². The summed E-state index contributed by atoms with van der Waals surface area (Å²) in [5, 5.41) is 10.2. The number of anilines is 1. The normalized spacial score (nSPS) is 15.5. The molecule has 4 rings (SSSR count). The lowest BCUT2D eigenvalue weighted by atomic mass is 9.86. The van der Waals surface area contributed by atoms with Crippen LogP contribution in [0.2, 0.25) is 0 Å². The first-order valence-corrected chi connectivity index (χ1v) is 12.7. The SMILES string of the molecule is COc1ccc(-c2ccc(N(S(=O)O)C3(C(=O)O)CCN(C(=O)COc4ccccc4)CC3)cc2)cc1. The average Bonchev–Trinajstić information content (AvgIpc) is 2.93. The van der Waals surface area contributed by atoms with Gasteiger partial charge in [-0.25, -0.2) is 9.00 Å². The molecule has 1 amide bonds. The summed E-state index contributed by atoms with van der Waals surface area (Å²) in [6.45, 7) is 0.0500. The Labute approximate surface area is 217 Å². The highest BCUT2D eigenvalue weighted by Gasteiger charge is 2.50. The van der Waals surface area contributed by atoms with Crippen molar-refractivity contribution in [2.75, 3.05) is 31.1 Å². The molecule has 1 heterocycles. The summed E-state index contributed by atoms with van der Waals surface area (Å²) in [4.78, 5) is 26.7. The maximum Gasteiger partial charge on any atom is 0.330 e. The van der Waals surface area contributed by atoms with Crippen LogP contribution < -0.4 is 13.8 Å². The van der Waals surface area contributed by atoms with Gasteiger partial charge in [-0.2, -0.15) is 0 Å². The van der Waals surface area contributed by atoms with Gasteiger partial charge < -0.3 is 19.5 Å². The van der Waals surface area contributed by atoms with Gasteiger partial charge in [-0.1, -0.05) is 42.5 Å². The predicted molar refractivity (Wildman–Crippen MR) is 140 cm³/mol. The second-order valence-electron chi connectivity index (χ2n) is 8.62. The summed E-state index contributed by atoms with van der Waals surface area (Å²) >= 11 is -2.61. The van der Waals surface area contributed by atoms with Crippen molar-refractivity contribution in [1.29, 1.82) is 0 Å². The highest BCUT2D eigenvalue weighted by molar-refractivity contribution is 7.80. The first kappa shape index (κ1) is 26.2. The standard InChI is InChI=1S/C27H28N2O7S/c1-35-23-13-9-21(10-14-23)20-7-11-22(12-8-20)29(37(33)34)27(26(31)32)15-17-28(18-16-27)25(30)19-36-24-5-3-2-4-6-24/h2-14H,15-19H2,1H3,(H,31,32)(H,33,34). The molecule has 1 aliphatic rings.